The molecule has 1 N–H and O–H groups in total. The zero-order chi connectivity index (χ0) is 12.8. The van der Waals surface area contributed by atoms with Crippen LogP contribution in [0.3, 0.4) is 0 Å². The van der Waals surface area contributed by atoms with Crippen molar-refractivity contribution in [3.63, 3.8) is 0 Å². The molecule has 1 aliphatic carbocycles. The Morgan fingerprint density at radius 1 is 1.38 bits per heavy atom. The SMILES string of the molecule is [B]C(C)C[C@H](F)C1(C(C)(O)C(F)(F)F)CC1. The summed E-state index contributed by atoms with van der Waals surface area (Å²) in [6.07, 6.45) is -6.59. The average molecular weight is 238 g/mol. The molecule has 0 aromatic rings. The molecule has 0 saturated heterocycles. The van der Waals surface area contributed by atoms with Gasteiger partial charge < -0.3 is 5.11 Å². The smallest absolute Gasteiger partial charge is 0.380 e. The largest absolute Gasteiger partial charge is 0.417 e. The summed E-state index contributed by atoms with van der Waals surface area (Å²) in [5, 5.41) is 9.52. The molecule has 1 saturated carbocycles. The zero-order valence-corrected chi connectivity index (χ0v) is 9.31. The molecular formula is C10H15BF4O. The molecule has 2 unspecified atom stereocenters. The van der Waals surface area contributed by atoms with Crippen LogP contribution in [-0.2, 0) is 0 Å². The molecule has 0 spiro atoms. The van der Waals surface area contributed by atoms with Gasteiger partial charge in [0, 0.05) is 5.41 Å². The third kappa shape index (κ3) is 2.08. The highest BCUT2D eigenvalue weighted by atomic mass is 19.4. The Bertz CT molecular complexity index is 258. The summed E-state index contributed by atoms with van der Waals surface area (Å²) >= 11 is 0. The molecule has 2 radical (unpaired) electrons. The Morgan fingerprint density at radius 2 is 1.81 bits per heavy atom. The van der Waals surface area contributed by atoms with E-state index in [2.05, 4.69) is 0 Å². The van der Waals surface area contributed by atoms with E-state index >= 15 is 0 Å². The van der Waals surface area contributed by atoms with Crippen LogP contribution in [-0.4, -0.2) is 30.9 Å². The average Bonchev–Trinajstić information content (AvgIpc) is 2.79. The van der Waals surface area contributed by atoms with Crippen molar-refractivity contribution in [3.8, 4) is 0 Å². The maximum atomic E-state index is 13.8. The molecule has 0 bridgehead atoms. The lowest BCUT2D eigenvalue weighted by molar-refractivity contribution is -0.285. The standard InChI is InChI=1S/C10H15BF4O/c1-6(11)5-7(12)9(3-4-9)8(2,16)10(13,14)15/h6-7,16H,3-5H2,1-2H3/t6?,7-,8?/m0/s1. The van der Waals surface area contributed by atoms with Crippen molar-refractivity contribution >= 4 is 7.85 Å². The lowest BCUT2D eigenvalue weighted by Crippen LogP contribution is -2.53. The fourth-order valence-electron chi connectivity index (χ4n) is 2.07. The van der Waals surface area contributed by atoms with E-state index in [-0.39, 0.29) is 19.3 Å². The van der Waals surface area contributed by atoms with Crippen molar-refractivity contribution in [2.75, 3.05) is 0 Å². The minimum absolute atomic E-state index is 0.0490. The van der Waals surface area contributed by atoms with Gasteiger partial charge in [-0.15, -0.1) is 0 Å². The van der Waals surface area contributed by atoms with Crippen LogP contribution >= 0.6 is 0 Å². The van der Waals surface area contributed by atoms with E-state index in [1.165, 1.54) is 6.92 Å². The van der Waals surface area contributed by atoms with Gasteiger partial charge in [0.15, 0.2) is 5.60 Å². The van der Waals surface area contributed by atoms with E-state index in [0.29, 0.717) is 6.92 Å². The first-order chi connectivity index (χ1) is 7.04. The molecule has 1 rings (SSSR count). The van der Waals surface area contributed by atoms with Crippen LogP contribution in [0.5, 0.6) is 0 Å². The van der Waals surface area contributed by atoms with E-state index in [0.717, 1.165) is 0 Å². The summed E-state index contributed by atoms with van der Waals surface area (Å²) < 4.78 is 51.6. The maximum Gasteiger partial charge on any atom is 0.417 e. The highest BCUT2D eigenvalue weighted by Gasteiger charge is 2.71. The molecule has 0 aromatic heterocycles. The molecule has 6 heteroatoms. The summed E-state index contributed by atoms with van der Waals surface area (Å²) in [6, 6.07) is 0. The molecule has 1 nitrogen and oxygen atoms in total. The minimum Gasteiger partial charge on any atom is -0.380 e. The number of hydrogen-bond donors (Lipinski definition) is 1. The van der Waals surface area contributed by atoms with Crippen molar-refractivity contribution in [3.05, 3.63) is 0 Å². The summed E-state index contributed by atoms with van der Waals surface area (Å²) in [4.78, 5) is 0. The molecule has 0 aromatic carbocycles. The Kier molecular flexibility index (Phi) is 3.36. The third-order valence-corrected chi connectivity index (χ3v) is 3.49. The molecule has 3 atom stereocenters. The van der Waals surface area contributed by atoms with Gasteiger partial charge in [0.1, 0.15) is 6.17 Å². The van der Waals surface area contributed by atoms with Crippen LogP contribution in [0.2, 0.25) is 5.82 Å². The first-order valence-electron chi connectivity index (χ1n) is 5.23. The molecule has 92 valence electrons. The van der Waals surface area contributed by atoms with Crippen molar-refractivity contribution in [2.45, 2.75) is 56.9 Å². The van der Waals surface area contributed by atoms with Crippen LogP contribution < -0.4 is 0 Å². The maximum absolute atomic E-state index is 13.8. The predicted molar refractivity (Wildman–Crippen MR) is 53.0 cm³/mol. The monoisotopic (exact) mass is 238 g/mol. The Balaban J connectivity index is 2.86. The van der Waals surface area contributed by atoms with Gasteiger partial charge in [0.25, 0.3) is 0 Å². The predicted octanol–water partition coefficient (Wildman–Crippen LogP) is 2.79. The Labute approximate surface area is 93.6 Å². The van der Waals surface area contributed by atoms with Gasteiger partial charge in [0.2, 0.25) is 0 Å². The second-order valence-electron chi connectivity index (χ2n) is 4.91. The first-order valence-corrected chi connectivity index (χ1v) is 5.23. The molecule has 0 amide bonds. The van der Waals surface area contributed by atoms with Gasteiger partial charge in [0.05, 0.1) is 7.85 Å². The van der Waals surface area contributed by atoms with Crippen LogP contribution in [0.25, 0.3) is 0 Å². The molecule has 16 heavy (non-hydrogen) atoms. The molecule has 0 aliphatic heterocycles. The normalized spacial score (nSPS) is 26.9. The van der Waals surface area contributed by atoms with E-state index in [9.17, 15) is 22.7 Å². The van der Waals surface area contributed by atoms with Crippen LogP contribution in [0, 0.1) is 5.41 Å². The minimum atomic E-state index is -4.81. The number of hydrogen-bond acceptors (Lipinski definition) is 1. The Morgan fingerprint density at radius 3 is 2.06 bits per heavy atom. The summed E-state index contributed by atoms with van der Waals surface area (Å²) in [5.74, 6) is -0.517. The highest BCUT2D eigenvalue weighted by Crippen LogP contribution is 2.63. The van der Waals surface area contributed by atoms with Crippen molar-refractivity contribution in [1.29, 1.82) is 0 Å². The van der Waals surface area contributed by atoms with Crippen molar-refractivity contribution in [2.24, 2.45) is 5.41 Å². The number of rotatable bonds is 4. The van der Waals surface area contributed by atoms with Gasteiger partial charge in [-0.25, -0.2) is 4.39 Å². The Hall–Kier alpha value is -0.255. The fourth-order valence-corrected chi connectivity index (χ4v) is 2.07. The highest BCUT2D eigenvalue weighted by molar-refractivity contribution is 6.11. The molecular weight excluding hydrogens is 223 g/mol. The van der Waals surface area contributed by atoms with Gasteiger partial charge in [-0.2, -0.15) is 13.2 Å². The quantitative estimate of drug-likeness (QED) is 0.589. The van der Waals surface area contributed by atoms with E-state index in [4.69, 9.17) is 7.85 Å². The van der Waals surface area contributed by atoms with Crippen LogP contribution in [0.1, 0.15) is 33.1 Å². The second kappa shape index (κ2) is 3.89. The van der Waals surface area contributed by atoms with Gasteiger partial charge in [-0.1, -0.05) is 12.7 Å². The first kappa shape index (κ1) is 13.8. The lowest BCUT2D eigenvalue weighted by atomic mass is 9.75. The molecule has 1 fully saturated rings. The van der Waals surface area contributed by atoms with E-state index in [1.54, 1.807) is 0 Å². The number of halogens is 4. The summed E-state index contributed by atoms with van der Waals surface area (Å²) in [7, 11) is 5.37. The van der Waals surface area contributed by atoms with Gasteiger partial charge in [-0.05, 0) is 26.2 Å². The van der Waals surface area contributed by atoms with E-state index < -0.39 is 29.2 Å². The van der Waals surface area contributed by atoms with Crippen molar-refractivity contribution in [1.82, 2.24) is 0 Å². The van der Waals surface area contributed by atoms with E-state index in [1.807, 2.05) is 0 Å². The second-order valence-corrected chi connectivity index (χ2v) is 4.91. The number of alkyl halides is 4. The van der Waals surface area contributed by atoms with Crippen LogP contribution in [0.4, 0.5) is 17.6 Å². The lowest BCUT2D eigenvalue weighted by Gasteiger charge is -2.37. The summed E-state index contributed by atoms with van der Waals surface area (Å²) in [6.45, 7) is 2.18. The van der Waals surface area contributed by atoms with Crippen LogP contribution in [0.15, 0.2) is 0 Å². The zero-order valence-electron chi connectivity index (χ0n) is 9.31. The van der Waals surface area contributed by atoms with Gasteiger partial charge in [-0.3, -0.25) is 0 Å². The molecule has 1 aliphatic rings. The molecule has 0 heterocycles. The van der Waals surface area contributed by atoms with Crippen molar-refractivity contribution < 1.29 is 22.7 Å². The third-order valence-electron chi connectivity index (χ3n) is 3.49. The number of aliphatic hydroxyl groups is 1. The summed E-state index contributed by atoms with van der Waals surface area (Å²) in [5.41, 5.74) is -4.67. The topological polar surface area (TPSA) is 20.2 Å². The fraction of sp³-hybridized carbons (Fsp3) is 1.00. The van der Waals surface area contributed by atoms with Gasteiger partial charge >= 0.3 is 6.18 Å².